The lowest BCUT2D eigenvalue weighted by Crippen LogP contribution is -2.45. The lowest BCUT2D eigenvalue weighted by molar-refractivity contribution is 0.0405. The van der Waals surface area contributed by atoms with Crippen molar-refractivity contribution in [3.05, 3.63) is 179 Å². The summed E-state index contributed by atoms with van der Waals surface area (Å²) in [5.74, 6) is -0.0673. The van der Waals surface area contributed by atoms with Crippen LogP contribution in [0.5, 0.6) is 0 Å². The lowest BCUT2D eigenvalue weighted by atomic mass is 9.84. The number of hydrogen-bond donors (Lipinski definition) is 0. The fraction of sp³-hybridized carbons (Fsp3) is 0.135. The summed E-state index contributed by atoms with van der Waals surface area (Å²) in [7, 11) is 0. The first kappa shape index (κ1) is 27.7. The Morgan fingerprint density at radius 3 is 1.43 bits per heavy atom. The minimum Gasteiger partial charge on any atom is -0.375 e. The number of fused-ring (bicyclic) bond motifs is 1. The molecular formula is C37H31NO3S. The fourth-order valence-corrected chi connectivity index (χ4v) is 7.21. The first-order valence-corrected chi connectivity index (χ1v) is 15.1. The van der Waals surface area contributed by atoms with Gasteiger partial charge in [-0.3, -0.25) is 14.5 Å². The van der Waals surface area contributed by atoms with Crippen molar-refractivity contribution in [2.45, 2.75) is 17.4 Å². The summed E-state index contributed by atoms with van der Waals surface area (Å²) in [5.41, 5.74) is 5.30. The Hall–Kier alpha value is -4.45. The first-order valence-electron chi connectivity index (χ1n) is 14.1. The molecular weight excluding hydrogens is 538 g/mol. The SMILES string of the molecule is O=C1c2ccccc2C(=O)N1[C@@H](COCc1ccccc1)CSC(c1ccccc1)(c1ccccc1)c1ccccc1. The van der Waals surface area contributed by atoms with E-state index in [1.165, 1.54) is 4.90 Å². The summed E-state index contributed by atoms with van der Waals surface area (Å²) in [6, 6.07) is 47.8. The zero-order chi connectivity index (χ0) is 28.8. The molecule has 1 aliphatic rings. The van der Waals surface area contributed by atoms with Gasteiger partial charge in [0, 0.05) is 5.75 Å². The molecule has 4 nitrogen and oxygen atoms in total. The minimum atomic E-state index is -0.583. The summed E-state index contributed by atoms with van der Waals surface area (Å²) < 4.78 is 5.63. The van der Waals surface area contributed by atoms with Crippen molar-refractivity contribution >= 4 is 23.6 Å². The third kappa shape index (κ3) is 5.41. The van der Waals surface area contributed by atoms with Crippen molar-refractivity contribution in [3.8, 4) is 0 Å². The van der Waals surface area contributed by atoms with Crippen LogP contribution < -0.4 is 0 Å². The number of thioether (sulfide) groups is 1. The summed E-state index contributed by atoms with van der Waals surface area (Å²) >= 11 is 1.73. The smallest absolute Gasteiger partial charge is 0.261 e. The summed E-state index contributed by atoms with van der Waals surface area (Å²) in [5, 5.41) is 0. The van der Waals surface area contributed by atoms with Gasteiger partial charge in [-0.05, 0) is 34.4 Å². The van der Waals surface area contributed by atoms with Crippen LogP contribution in [0.1, 0.15) is 43.0 Å². The van der Waals surface area contributed by atoms with E-state index in [-0.39, 0.29) is 18.4 Å². The number of ether oxygens (including phenoxy) is 1. The molecule has 5 aromatic carbocycles. The van der Waals surface area contributed by atoms with Gasteiger partial charge in [0.15, 0.2) is 0 Å². The quantitative estimate of drug-likeness (QED) is 0.121. The molecule has 1 atom stereocenters. The highest BCUT2D eigenvalue weighted by molar-refractivity contribution is 8.00. The van der Waals surface area contributed by atoms with Gasteiger partial charge in [0.05, 0.1) is 35.1 Å². The number of benzene rings is 5. The molecule has 0 spiro atoms. The molecule has 6 rings (SSSR count). The highest BCUT2D eigenvalue weighted by atomic mass is 32.2. The van der Waals surface area contributed by atoms with Gasteiger partial charge < -0.3 is 4.74 Å². The van der Waals surface area contributed by atoms with E-state index in [4.69, 9.17) is 4.74 Å². The van der Waals surface area contributed by atoms with Crippen LogP contribution in [0.15, 0.2) is 146 Å². The van der Waals surface area contributed by atoms with Crippen LogP contribution in [-0.2, 0) is 16.1 Å². The largest absolute Gasteiger partial charge is 0.375 e. The molecule has 0 saturated heterocycles. The van der Waals surface area contributed by atoms with Gasteiger partial charge in [0.25, 0.3) is 11.8 Å². The maximum Gasteiger partial charge on any atom is 0.261 e. The Bertz CT molecular complexity index is 1510. The predicted octanol–water partition coefficient (Wildman–Crippen LogP) is 7.59. The average molecular weight is 570 g/mol. The van der Waals surface area contributed by atoms with Gasteiger partial charge in [-0.2, -0.15) is 0 Å². The zero-order valence-electron chi connectivity index (χ0n) is 23.1. The maximum atomic E-state index is 13.7. The van der Waals surface area contributed by atoms with Crippen LogP contribution in [0, 0.1) is 0 Å². The van der Waals surface area contributed by atoms with Gasteiger partial charge >= 0.3 is 0 Å². The Balaban J connectivity index is 1.39. The second kappa shape index (κ2) is 12.6. The van der Waals surface area contributed by atoms with E-state index < -0.39 is 10.8 Å². The van der Waals surface area contributed by atoms with E-state index in [1.54, 1.807) is 36.0 Å². The van der Waals surface area contributed by atoms with Gasteiger partial charge in [-0.25, -0.2) is 0 Å². The normalized spacial score (nSPS) is 13.7. The van der Waals surface area contributed by atoms with Gasteiger partial charge in [-0.15, -0.1) is 11.8 Å². The number of rotatable bonds is 11. The van der Waals surface area contributed by atoms with E-state index in [9.17, 15) is 9.59 Å². The molecule has 0 fully saturated rings. The van der Waals surface area contributed by atoms with Crippen LogP contribution in [0.2, 0.25) is 0 Å². The highest BCUT2D eigenvalue weighted by Crippen LogP contribution is 2.49. The zero-order valence-corrected chi connectivity index (χ0v) is 24.0. The standard InChI is InChI=1S/C37H31NO3S/c39-35-33-23-13-14-24-34(33)36(40)38(35)32(26-41-25-28-15-5-1-6-16-28)27-42-37(29-17-7-2-8-18-29,30-19-9-3-10-20-30)31-21-11-4-12-22-31/h1-24,32H,25-27H2/t32-/m0/s1. The Morgan fingerprint density at radius 1 is 0.571 bits per heavy atom. The van der Waals surface area contributed by atoms with Crippen LogP contribution in [0.3, 0.4) is 0 Å². The van der Waals surface area contributed by atoms with Crippen LogP contribution in [0.4, 0.5) is 0 Å². The second-order valence-electron chi connectivity index (χ2n) is 10.3. The third-order valence-electron chi connectivity index (χ3n) is 7.65. The summed E-state index contributed by atoms with van der Waals surface area (Å²) in [6.45, 7) is 0.619. The molecule has 0 aromatic heterocycles. The lowest BCUT2D eigenvalue weighted by Gasteiger charge is -2.37. The van der Waals surface area contributed by atoms with Crippen LogP contribution in [-0.4, -0.2) is 35.1 Å². The van der Waals surface area contributed by atoms with Crippen molar-refractivity contribution in [2.24, 2.45) is 0 Å². The number of amides is 2. The number of imide groups is 1. The van der Waals surface area contributed by atoms with E-state index in [1.807, 2.05) is 48.5 Å². The summed E-state index contributed by atoms with van der Waals surface area (Å²) in [4.78, 5) is 28.7. The molecule has 1 aliphatic heterocycles. The van der Waals surface area contributed by atoms with Gasteiger partial charge in [-0.1, -0.05) is 133 Å². The van der Waals surface area contributed by atoms with Crippen LogP contribution >= 0.6 is 11.8 Å². The molecule has 0 aliphatic carbocycles. The molecule has 0 N–H and O–H groups in total. The monoisotopic (exact) mass is 569 g/mol. The van der Waals surface area contributed by atoms with Crippen LogP contribution in [0.25, 0.3) is 0 Å². The predicted molar refractivity (Wildman–Crippen MR) is 168 cm³/mol. The van der Waals surface area contributed by atoms with E-state index in [2.05, 4.69) is 72.8 Å². The number of carbonyl (C=O) groups excluding carboxylic acids is 2. The second-order valence-corrected chi connectivity index (χ2v) is 11.5. The van der Waals surface area contributed by atoms with Gasteiger partial charge in [0.1, 0.15) is 0 Å². The molecule has 2 amide bonds. The Morgan fingerprint density at radius 2 is 0.976 bits per heavy atom. The number of hydrogen-bond acceptors (Lipinski definition) is 4. The van der Waals surface area contributed by atoms with Gasteiger partial charge in [0.2, 0.25) is 0 Å². The average Bonchev–Trinajstić information content (AvgIpc) is 3.31. The molecule has 208 valence electrons. The van der Waals surface area contributed by atoms with E-state index in [0.29, 0.717) is 23.5 Å². The number of nitrogens with zero attached hydrogens (tertiary/aromatic N) is 1. The van der Waals surface area contributed by atoms with Crippen molar-refractivity contribution in [3.63, 3.8) is 0 Å². The summed E-state index contributed by atoms with van der Waals surface area (Å²) in [6.07, 6.45) is 0. The maximum absolute atomic E-state index is 13.7. The molecule has 42 heavy (non-hydrogen) atoms. The molecule has 5 heteroatoms. The van der Waals surface area contributed by atoms with Crippen molar-refractivity contribution < 1.29 is 14.3 Å². The topological polar surface area (TPSA) is 46.6 Å². The number of carbonyl (C=O) groups is 2. The molecule has 5 aromatic rings. The van der Waals surface area contributed by atoms with Crippen molar-refractivity contribution in [2.75, 3.05) is 12.4 Å². The van der Waals surface area contributed by atoms with Crippen molar-refractivity contribution in [1.29, 1.82) is 0 Å². The molecule has 0 saturated carbocycles. The molecule has 1 heterocycles. The highest BCUT2D eigenvalue weighted by Gasteiger charge is 2.43. The van der Waals surface area contributed by atoms with E-state index in [0.717, 1.165) is 22.3 Å². The third-order valence-corrected chi connectivity index (χ3v) is 9.34. The minimum absolute atomic E-state index is 0.224. The van der Waals surface area contributed by atoms with E-state index >= 15 is 0 Å². The Kier molecular flexibility index (Phi) is 8.31. The Labute approximate surface area is 251 Å². The fourth-order valence-electron chi connectivity index (χ4n) is 5.61. The molecule has 0 unspecified atom stereocenters. The first-order chi connectivity index (χ1) is 20.7. The molecule has 0 bridgehead atoms. The molecule has 0 radical (unpaired) electrons. The van der Waals surface area contributed by atoms with Crippen molar-refractivity contribution in [1.82, 2.24) is 4.90 Å².